The molecule has 5 rings (SSSR count). The van der Waals surface area contributed by atoms with Crippen molar-refractivity contribution in [3.05, 3.63) is 58.2 Å². The first-order valence-corrected chi connectivity index (χ1v) is 10.4. The van der Waals surface area contributed by atoms with E-state index in [0.717, 1.165) is 21.6 Å². The largest absolute Gasteiger partial charge is 0.491 e. The Balaban J connectivity index is 1.67. The summed E-state index contributed by atoms with van der Waals surface area (Å²) in [5.41, 5.74) is 1.93. The molecule has 2 aromatic heterocycles. The van der Waals surface area contributed by atoms with E-state index >= 15 is 0 Å². The van der Waals surface area contributed by atoms with Gasteiger partial charge in [-0.3, -0.25) is 5.32 Å². The molecular weight excluding hydrogens is 488 g/mol. The van der Waals surface area contributed by atoms with Crippen LogP contribution >= 0.6 is 27.5 Å². The van der Waals surface area contributed by atoms with Gasteiger partial charge in [-0.1, -0.05) is 39.7 Å². The smallest absolute Gasteiger partial charge is 0.411 e. The van der Waals surface area contributed by atoms with Gasteiger partial charge >= 0.3 is 6.09 Å². The van der Waals surface area contributed by atoms with Gasteiger partial charge in [0.1, 0.15) is 23.9 Å². The van der Waals surface area contributed by atoms with Crippen molar-refractivity contribution >= 4 is 39.6 Å². The average Bonchev–Trinajstić information content (AvgIpc) is 3.28. The standard InChI is InChI=1S/C20H14BrClN6O3/c21-11-5-6-12-16(9-11)31-8-7-27-10-14(23-17(12)27)18-24-19(25-20(29)30)26-28(18)15-4-2-1-3-13(15)22/h1-6,9-10H,7-8H2,(H,25,26)(H,29,30). The minimum atomic E-state index is -1.26. The van der Waals surface area contributed by atoms with Crippen molar-refractivity contribution in [2.45, 2.75) is 6.54 Å². The summed E-state index contributed by atoms with van der Waals surface area (Å²) >= 11 is 9.83. The number of imidazole rings is 1. The zero-order chi connectivity index (χ0) is 21.5. The molecule has 3 heterocycles. The first kappa shape index (κ1) is 19.6. The van der Waals surface area contributed by atoms with Gasteiger partial charge in [0.15, 0.2) is 5.82 Å². The Kier molecular flexibility index (Phi) is 4.87. The molecular formula is C20H14BrClN6O3. The second-order valence-corrected chi connectivity index (χ2v) is 8.01. The topological polar surface area (TPSA) is 107 Å². The van der Waals surface area contributed by atoms with Gasteiger partial charge in [0, 0.05) is 10.7 Å². The van der Waals surface area contributed by atoms with Crippen molar-refractivity contribution in [3.63, 3.8) is 0 Å². The van der Waals surface area contributed by atoms with Crippen LogP contribution in [-0.4, -0.2) is 42.1 Å². The number of anilines is 1. The summed E-state index contributed by atoms with van der Waals surface area (Å²) in [6, 6.07) is 12.9. The number of fused-ring (bicyclic) bond motifs is 3. The van der Waals surface area contributed by atoms with E-state index in [-0.39, 0.29) is 5.95 Å². The number of amides is 1. The molecule has 0 radical (unpaired) electrons. The Hall–Kier alpha value is -3.37. The lowest BCUT2D eigenvalue weighted by molar-refractivity contribution is 0.209. The van der Waals surface area contributed by atoms with Crippen LogP contribution in [-0.2, 0) is 6.54 Å². The molecule has 2 N–H and O–H groups in total. The first-order chi connectivity index (χ1) is 15.0. The number of carbonyl (C=O) groups is 1. The van der Waals surface area contributed by atoms with Crippen LogP contribution < -0.4 is 10.1 Å². The molecule has 4 aromatic rings. The van der Waals surface area contributed by atoms with Crippen LogP contribution in [0.25, 0.3) is 28.6 Å². The molecule has 9 nitrogen and oxygen atoms in total. The Morgan fingerprint density at radius 1 is 1.19 bits per heavy atom. The van der Waals surface area contributed by atoms with E-state index in [9.17, 15) is 4.79 Å². The minimum Gasteiger partial charge on any atom is -0.491 e. The SMILES string of the molecule is O=C(O)Nc1nc(-c2cn3c(n2)-c2ccc(Br)cc2OCC3)n(-c2ccccc2Cl)n1. The normalized spacial score (nSPS) is 12.5. The van der Waals surface area contributed by atoms with Crippen LogP contribution in [0.2, 0.25) is 5.02 Å². The van der Waals surface area contributed by atoms with Crippen molar-refractivity contribution in [1.29, 1.82) is 0 Å². The predicted molar refractivity (Wildman–Crippen MR) is 118 cm³/mol. The number of nitrogens with one attached hydrogen (secondary N) is 1. The average molecular weight is 502 g/mol. The Labute approximate surface area is 189 Å². The van der Waals surface area contributed by atoms with Gasteiger partial charge < -0.3 is 14.4 Å². The van der Waals surface area contributed by atoms with Crippen LogP contribution in [0.3, 0.4) is 0 Å². The number of halogens is 2. The highest BCUT2D eigenvalue weighted by molar-refractivity contribution is 9.10. The van der Waals surface area contributed by atoms with Gasteiger partial charge in [-0.2, -0.15) is 4.98 Å². The van der Waals surface area contributed by atoms with Crippen molar-refractivity contribution in [2.24, 2.45) is 0 Å². The third-order valence-electron chi connectivity index (χ3n) is 4.69. The highest BCUT2D eigenvalue weighted by Gasteiger charge is 2.23. The van der Waals surface area contributed by atoms with Gasteiger partial charge in [-0.25, -0.2) is 14.5 Å². The molecule has 0 saturated heterocycles. The number of carboxylic acid groups (broad SMARTS) is 1. The molecule has 0 aliphatic carbocycles. The first-order valence-electron chi connectivity index (χ1n) is 9.22. The van der Waals surface area contributed by atoms with Crippen LogP contribution in [0.1, 0.15) is 0 Å². The molecule has 1 amide bonds. The number of nitrogens with zero attached hydrogens (tertiary/aromatic N) is 5. The Morgan fingerprint density at radius 2 is 2.03 bits per heavy atom. The van der Waals surface area contributed by atoms with Gasteiger partial charge in [-0.05, 0) is 30.3 Å². The summed E-state index contributed by atoms with van der Waals surface area (Å²) in [6.07, 6.45) is 0.581. The quantitative estimate of drug-likeness (QED) is 0.421. The van der Waals surface area contributed by atoms with Crippen LogP contribution in [0.5, 0.6) is 5.75 Å². The molecule has 1 aliphatic heterocycles. The molecule has 156 valence electrons. The van der Waals surface area contributed by atoms with E-state index in [1.807, 2.05) is 35.0 Å². The second-order valence-electron chi connectivity index (χ2n) is 6.68. The van der Waals surface area contributed by atoms with Crippen molar-refractivity contribution in [1.82, 2.24) is 24.3 Å². The van der Waals surface area contributed by atoms with Crippen molar-refractivity contribution in [3.8, 4) is 34.3 Å². The predicted octanol–water partition coefficient (Wildman–Crippen LogP) is 4.70. The fraction of sp³-hybridized carbons (Fsp3) is 0.100. The van der Waals surface area contributed by atoms with E-state index < -0.39 is 6.09 Å². The van der Waals surface area contributed by atoms with Crippen molar-refractivity contribution < 1.29 is 14.6 Å². The van der Waals surface area contributed by atoms with Gasteiger partial charge in [0.25, 0.3) is 5.95 Å². The van der Waals surface area contributed by atoms with Crippen LogP contribution in [0.4, 0.5) is 10.7 Å². The summed E-state index contributed by atoms with van der Waals surface area (Å²) in [6.45, 7) is 1.07. The number of ether oxygens (including phenoxy) is 1. The van der Waals surface area contributed by atoms with E-state index in [1.165, 1.54) is 4.68 Å². The lowest BCUT2D eigenvalue weighted by Crippen LogP contribution is -2.09. The molecule has 0 atom stereocenters. The van der Waals surface area contributed by atoms with E-state index in [1.54, 1.807) is 18.2 Å². The molecule has 0 saturated carbocycles. The molecule has 11 heteroatoms. The summed E-state index contributed by atoms with van der Waals surface area (Å²) in [7, 11) is 0. The number of hydrogen-bond acceptors (Lipinski definition) is 5. The molecule has 0 spiro atoms. The third kappa shape index (κ3) is 3.64. The zero-order valence-corrected chi connectivity index (χ0v) is 18.1. The zero-order valence-electron chi connectivity index (χ0n) is 15.8. The number of para-hydroxylation sites is 1. The summed E-state index contributed by atoms with van der Waals surface area (Å²) in [5.74, 6) is 1.73. The van der Waals surface area contributed by atoms with Gasteiger partial charge in [-0.15, -0.1) is 5.10 Å². The number of aromatic nitrogens is 5. The van der Waals surface area contributed by atoms with E-state index in [0.29, 0.717) is 35.4 Å². The minimum absolute atomic E-state index is 0.0710. The fourth-order valence-corrected chi connectivity index (χ4v) is 3.94. The summed E-state index contributed by atoms with van der Waals surface area (Å²) in [4.78, 5) is 20.3. The van der Waals surface area contributed by atoms with Crippen molar-refractivity contribution in [2.75, 3.05) is 11.9 Å². The molecule has 0 fully saturated rings. The third-order valence-corrected chi connectivity index (χ3v) is 5.50. The Bertz CT molecular complexity index is 1320. The second kappa shape index (κ2) is 7.71. The monoisotopic (exact) mass is 500 g/mol. The molecule has 2 aromatic carbocycles. The number of benzene rings is 2. The Morgan fingerprint density at radius 3 is 2.84 bits per heavy atom. The molecule has 0 unspecified atom stereocenters. The van der Waals surface area contributed by atoms with E-state index in [4.69, 9.17) is 26.4 Å². The lowest BCUT2D eigenvalue weighted by Gasteiger charge is -2.07. The van der Waals surface area contributed by atoms with Crippen LogP contribution in [0.15, 0.2) is 53.1 Å². The summed E-state index contributed by atoms with van der Waals surface area (Å²) < 4.78 is 10.2. The molecule has 1 aliphatic rings. The molecule has 0 bridgehead atoms. The maximum Gasteiger partial charge on any atom is 0.411 e. The lowest BCUT2D eigenvalue weighted by atomic mass is 10.2. The van der Waals surface area contributed by atoms with Gasteiger partial charge in [0.2, 0.25) is 0 Å². The van der Waals surface area contributed by atoms with Crippen LogP contribution in [0, 0.1) is 0 Å². The molecule has 31 heavy (non-hydrogen) atoms. The highest BCUT2D eigenvalue weighted by Crippen LogP contribution is 2.36. The number of rotatable bonds is 3. The fourth-order valence-electron chi connectivity index (χ4n) is 3.38. The van der Waals surface area contributed by atoms with E-state index in [2.05, 4.69) is 31.3 Å². The summed E-state index contributed by atoms with van der Waals surface area (Å²) in [5, 5.41) is 16.0. The number of hydrogen-bond donors (Lipinski definition) is 2. The van der Waals surface area contributed by atoms with Gasteiger partial charge in [0.05, 0.1) is 22.8 Å². The maximum absolute atomic E-state index is 11.1. The highest BCUT2D eigenvalue weighted by atomic mass is 79.9. The maximum atomic E-state index is 11.1.